The number of likely N-dealkylation sites (tertiary alicyclic amines) is 1. The van der Waals surface area contributed by atoms with E-state index in [1.54, 1.807) is 22.9 Å². The smallest absolute Gasteiger partial charge is 0.271 e. The second-order valence-corrected chi connectivity index (χ2v) is 9.50. The molecular weight excluding hydrogens is 408 g/mol. The summed E-state index contributed by atoms with van der Waals surface area (Å²) in [5.74, 6) is 0.389. The molecule has 4 heterocycles. The molecule has 0 bridgehead atoms. The largest absolute Gasteiger partial charge is 0.349 e. The van der Waals surface area contributed by atoms with Crippen molar-refractivity contribution < 1.29 is 9.59 Å². The number of carbonyl (C=O) groups excluding carboxylic acids is 2. The molecule has 10 nitrogen and oxygen atoms in total. The Balaban J connectivity index is 1.16. The topological polar surface area (TPSA) is 121 Å². The summed E-state index contributed by atoms with van der Waals surface area (Å²) in [7, 11) is 0. The van der Waals surface area contributed by atoms with Crippen LogP contribution in [0, 0.1) is 11.3 Å². The zero-order valence-electron chi connectivity index (χ0n) is 17.8. The van der Waals surface area contributed by atoms with E-state index in [2.05, 4.69) is 30.7 Å². The lowest BCUT2D eigenvalue weighted by molar-refractivity contribution is -0.137. The van der Waals surface area contributed by atoms with Crippen molar-refractivity contribution in [3.63, 3.8) is 0 Å². The zero-order chi connectivity index (χ0) is 21.7. The molecule has 1 aliphatic heterocycles. The molecule has 2 atom stereocenters. The van der Waals surface area contributed by atoms with Crippen molar-refractivity contribution in [2.75, 3.05) is 13.1 Å². The monoisotopic (exact) mass is 434 g/mol. The first-order chi connectivity index (χ1) is 15.6. The van der Waals surface area contributed by atoms with Gasteiger partial charge < -0.3 is 10.2 Å². The van der Waals surface area contributed by atoms with Crippen LogP contribution in [0.4, 0.5) is 0 Å². The van der Waals surface area contributed by atoms with Gasteiger partial charge in [0.05, 0.1) is 11.4 Å². The van der Waals surface area contributed by atoms with E-state index in [4.69, 9.17) is 0 Å². The predicted molar refractivity (Wildman–Crippen MR) is 114 cm³/mol. The fraction of sp³-hybridized carbons (Fsp3) is 0.545. The number of aromatic nitrogens is 6. The number of fused-ring (bicyclic) bond motifs is 2. The van der Waals surface area contributed by atoms with Gasteiger partial charge in [0.1, 0.15) is 5.69 Å². The normalized spacial score (nSPS) is 23.8. The second kappa shape index (κ2) is 7.39. The van der Waals surface area contributed by atoms with Crippen molar-refractivity contribution in [1.29, 1.82) is 0 Å². The van der Waals surface area contributed by atoms with Crippen LogP contribution in [0.2, 0.25) is 0 Å². The van der Waals surface area contributed by atoms with Crippen LogP contribution in [-0.4, -0.2) is 65.6 Å². The van der Waals surface area contributed by atoms with Crippen LogP contribution in [0.1, 0.15) is 54.0 Å². The highest BCUT2D eigenvalue weighted by molar-refractivity contribution is 5.92. The first kappa shape index (κ1) is 19.4. The van der Waals surface area contributed by atoms with Gasteiger partial charge in [0.25, 0.3) is 5.91 Å². The molecule has 1 spiro atoms. The zero-order valence-corrected chi connectivity index (χ0v) is 17.8. The highest BCUT2D eigenvalue weighted by Gasteiger charge is 2.50. The number of nitrogens with zero attached hydrogens (tertiary/aromatic N) is 6. The molecule has 3 aromatic heterocycles. The lowest BCUT2D eigenvalue weighted by atomic mass is 9.67. The molecule has 0 radical (unpaired) electrons. The van der Waals surface area contributed by atoms with Gasteiger partial charge in [-0.1, -0.05) is 6.42 Å². The van der Waals surface area contributed by atoms with Crippen LogP contribution in [0.25, 0.3) is 5.78 Å². The quantitative estimate of drug-likeness (QED) is 0.635. The van der Waals surface area contributed by atoms with Gasteiger partial charge in [-0.3, -0.25) is 14.0 Å². The molecule has 2 unspecified atom stereocenters. The summed E-state index contributed by atoms with van der Waals surface area (Å²) in [6.07, 6.45) is 11.9. The maximum atomic E-state index is 13.5. The van der Waals surface area contributed by atoms with Crippen LogP contribution >= 0.6 is 0 Å². The summed E-state index contributed by atoms with van der Waals surface area (Å²) in [4.78, 5) is 36.8. The molecule has 6 rings (SSSR count). The van der Waals surface area contributed by atoms with Gasteiger partial charge in [-0.2, -0.15) is 15.4 Å². The molecule has 3 aliphatic rings. The van der Waals surface area contributed by atoms with E-state index in [1.165, 1.54) is 6.42 Å². The fourth-order valence-electron chi connectivity index (χ4n) is 5.61. The third-order valence-electron chi connectivity index (χ3n) is 7.50. The second-order valence-electron chi connectivity index (χ2n) is 9.50. The summed E-state index contributed by atoms with van der Waals surface area (Å²) in [5.41, 5.74) is 2.46. The van der Waals surface area contributed by atoms with Crippen LogP contribution < -0.4 is 5.32 Å². The summed E-state index contributed by atoms with van der Waals surface area (Å²) in [6.45, 7) is 1.24. The van der Waals surface area contributed by atoms with Gasteiger partial charge in [-0.25, -0.2) is 9.97 Å². The molecule has 2 aliphatic carbocycles. The highest BCUT2D eigenvalue weighted by atomic mass is 16.2. The van der Waals surface area contributed by atoms with Crippen molar-refractivity contribution in [3.8, 4) is 0 Å². The summed E-state index contributed by atoms with van der Waals surface area (Å²) >= 11 is 0. The predicted octanol–water partition coefficient (Wildman–Crippen LogP) is 1.15. The Morgan fingerprint density at radius 3 is 2.94 bits per heavy atom. The number of hydrogen-bond donors (Lipinski definition) is 2. The maximum absolute atomic E-state index is 13.5. The number of imidazole rings is 1. The van der Waals surface area contributed by atoms with Crippen molar-refractivity contribution in [2.24, 2.45) is 11.3 Å². The van der Waals surface area contributed by atoms with Gasteiger partial charge in [0, 0.05) is 50.1 Å². The Bertz CT molecular complexity index is 1150. The minimum Gasteiger partial charge on any atom is -0.349 e. The van der Waals surface area contributed by atoms with Crippen LogP contribution in [-0.2, 0) is 17.6 Å². The van der Waals surface area contributed by atoms with E-state index in [1.807, 2.05) is 11.1 Å². The SMILES string of the molecule is O=C(NCC1CC2(CCC2)CN1C(=O)C1CCc2n[nH]nc2C1)c1cn2cccnc2n1. The molecular formula is C22H26N8O2. The standard InChI is InChI=1S/C22H26N8O2/c31-19(18-12-29-8-2-7-23-21(29)25-18)24-11-15-10-22(5-1-6-22)13-30(15)20(32)14-3-4-16-17(9-14)27-28-26-16/h2,7-8,12,14-15H,1,3-6,9-11,13H2,(H,24,31)(H,26,27,28). The fourth-order valence-corrected chi connectivity index (χ4v) is 5.61. The average molecular weight is 435 g/mol. The van der Waals surface area contributed by atoms with Crippen molar-refractivity contribution in [3.05, 3.63) is 41.7 Å². The minimum atomic E-state index is -0.234. The minimum absolute atomic E-state index is 0.0145. The lowest BCUT2D eigenvalue weighted by Crippen LogP contribution is -2.46. The summed E-state index contributed by atoms with van der Waals surface area (Å²) in [5, 5.41) is 14.1. The molecule has 1 saturated heterocycles. The maximum Gasteiger partial charge on any atom is 0.271 e. The Kier molecular flexibility index (Phi) is 4.48. The summed E-state index contributed by atoms with van der Waals surface area (Å²) < 4.78 is 1.73. The Morgan fingerprint density at radius 1 is 1.25 bits per heavy atom. The van der Waals surface area contributed by atoms with Gasteiger partial charge in [0.2, 0.25) is 11.7 Å². The van der Waals surface area contributed by atoms with E-state index in [9.17, 15) is 9.59 Å². The van der Waals surface area contributed by atoms with E-state index < -0.39 is 0 Å². The Labute approximate surface area is 184 Å². The average Bonchev–Trinajstić information content (AvgIpc) is 3.52. The molecule has 0 aromatic carbocycles. The van der Waals surface area contributed by atoms with Gasteiger partial charge >= 0.3 is 0 Å². The molecule has 2 fully saturated rings. The van der Waals surface area contributed by atoms with Crippen molar-refractivity contribution >= 4 is 17.6 Å². The number of carbonyl (C=O) groups is 2. The summed E-state index contributed by atoms with van der Waals surface area (Å²) in [6, 6.07) is 1.81. The van der Waals surface area contributed by atoms with Gasteiger partial charge in [0.15, 0.2) is 0 Å². The molecule has 2 amide bonds. The van der Waals surface area contributed by atoms with Crippen molar-refractivity contribution in [2.45, 2.75) is 51.0 Å². The van der Waals surface area contributed by atoms with Crippen LogP contribution in [0.3, 0.4) is 0 Å². The van der Waals surface area contributed by atoms with Gasteiger partial charge in [-0.05, 0) is 43.6 Å². The van der Waals surface area contributed by atoms with E-state index >= 15 is 0 Å². The molecule has 166 valence electrons. The highest BCUT2D eigenvalue weighted by Crippen LogP contribution is 2.50. The van der Waals surface area contributed by atoms with Crippen molar-refractivity contribution in [1.82, 2.24) is 40.0 Å². The Morgan fingerprint density at radius 2 is 2.12 bits per heavy atom. The third kappa shape index (κ3) is 3.25. The lowest BCUT2D eigenvalue weighted by Gasteiger charge is -2.38. The number of aryl methyl sites for hydroxylation is 1. The van der Waals surface area contributed by atoms with E-state index in [0.717, 1.165) is 50.0 Å². The Hall–Kier alpha value is -3.30. The molecule has 10 heteroatoms. The van der Waals surface area contributed by atoms with Gasteiger partial charge in [-0.15, -0.1) is 0 Å². The number of nitrogens with one attached hydrogen (secondary N) is 2. The number of H-pyrrole nitrogens is 1. The molecule has 3 aromatic rings. The van der Waals surface area contributed by atoms with E-state index in [0.29, 0.717) is 24.4 Å². The van der Waals surface area contributed by atoms with Crippen LogP contribution in [0.5, 0.6) is 0 Å². The third-order valence-corrected chi connectivity index (χ3v) is 7.50. The first-order valence-electron chi connectivity index (χ1n) is 11.4. The number of rotatable bonds is 4. The van der Waals surface area contributed by atoms with Crippen LogP contribution in [0.15, 0.2) is 24.7 Å². The first-order valence-corrected chi connectivity index (χ1v) is 11.4. The number of amides is 2. The number of hydrogen-bond acceptors (Lipinski definition) is 6. The number of aromatic amines is 1. The molecule has 1 saturated carbocycles. The van der Waals surface area contributed by atoms with E-state index in [-0.39, 0.29) is 29.2 Å². The molecule has 2 N–H and O–H groups in total. The molecule has 32 heavy (non-hydrogen) atoms.